The molecule has 3 rings (SSSR count). The highest BCUT2D eigenvalue weighted by atomic mass is 127. The Balaban J connectivity index is 1.55. The van der Waals surface area contributed by atoms with Crippen LogP contribution in [0.1, 0.15) is 21.5 Å². The molecule has 0 spiro atoms. The van der Waals surface area contributed by atoms with E-state index in [9.17, 15) is 9.59 Å². The van der Waals surface area contributed by atoms with Crippen LogP contribution < -0.4 is 19.6 Å². The molecule has 8 nitrogen and oxygen atoms in total. The summed E-state index contributed by atoms with van der Waals surface area (Å²) >= 11 is 2.13. The van der Waals surface area contributed by atoms with Gasteiger partial charge < -0.3 is 19.3 Å². The summed E-state index contributed by atoms with van der Waals surface area (Å²) in [5.74, 6) is 0.215. The Morgan fingerprint density at radius 3 is 2.58 bits per heavy atom. The van der Waals surface area contributed by atoms with Crippen molar-refractivity contribution in [3.63, 3.8) is 0 Å². The molecule has 3 aromatic rings. The molecule has 0 fully saturated rings. The molecule has 0 atom stereocenters. The molecule has 0 heterocycles. The second kappa shape index (κ2) is 11.9. The minimum atomic E-state index is -0.994. The second-order valence-electron chi connectivity index (χ2n) is 6.72. The molecule has 170 valence electrons. The highest BCUT2D eigenvalue weighted by Gasteiger charge is 2.08. The lowest BCUT2D eigenvalue weighted by Gasteiger charge is -2.11. The lowest BCUT2D eigenvalue weighted by Crippen LogP contribution is -2.24. The van der Waals surface area contributed by atoms with Crippen LogP contribution in [0.2, 0.25) is 0 Å². The van der Waals surface area contributed by atoms with E-state index in [0.29, 0.717) is 22.8 Å². The molecule has 3 aromatic carbocycles. The Morgan fingerprint density at radius 2 is 1.82 bits per heavy atom. The largest absolute Gasteiger partial charge is 0.493 e. The minimum Gasteiger partial charge on any atom is -0.493 e. The van der Waals surface area contributed by atoms with E-state index in [0.717, 1.165) is 9.13 Å². The zero-order chi connectivity index (χ0) is 23.6. The molecule has 0 unspecified atom stereocenters. The van der Waals surface area contributed by atoms with Crippen molar-refractivity contribution in [2.45, 2.75) is 6.61 Å². The Morgan fingerprint density at radius 1 is 1.00 bits per heavy atom. The van der Waals surface area contributed by atoms with E-state index < -0.39 is 5.97 Å². The third-order valence-electron chi connectivity index (χ3n) is 4.35. The van der Waals surface area contributed by atoms with Gasteiger partial charge in [-0.2, -0.15) is 5.10 Å². The lowest BCUT2D eigenvalue weighted by molar-refractivity contribution is -0.123. The Bertz CT molecular complexity index is 1170. The van der Waals surface area contributed by atoms with Gasteiger partial charge >= 0.3 is 5.97 Å². The zero-order valence-electron chi connectivity index (χ0n) is 17.7. The summed E-state index contributed by atoms with van der Waals surface area (Å²) in [6.45, 7) is 0.0257. The number of nitrogens with one attached hydrogen (secondary N) is 1. The van der Waals surface area contributed by atoms with Crippen molar-refractivity contribution in [2.24, 2.45) is 5.10 Å². The maximum Gasteiger partial charge on any atom is 0.335 e. The second-order valence-corrected chi connectivity index (χ2v) is 7.88. The fourth-order valence-electron chi connectivity index (χ4n) is 2.76. The van der Waals surface area contributed by atoms with Crippen LogP contribution in [0, 0.1) is 3.57 Å². The predicted molar refractivity (Wildman–Crippen MR) is 131 cm³/mol. The van der Waals surface area contributed by atoms with E-state index in [2.05, 4.69) is 33.1 Å². The van der Waals surface area contributed by atoms with Crippen LogP contribution in [-0.2, 0) is 11.4 Å². The first-order valence-electron chi connectivity index (χ1n) is 9.78. The van der Waals surface area contributed by atoms with Gasteiger partial charge in [-0.1, -0.05) is 24.3 Å². The first-order valence-corrected chi connectivity index (χ1v) is 10.9. The average Bonchev–Trinajstić information content (AvgIpc) is 2.82. The summed E-state index contributed by atoms with van der Waals surface area (Å²) in [4.78, 5) is 23.0. The number of hydrazone groups is 1. The van der Waals surface area contributed by atoms with Crippen LogP contribution in [0.15, 0.2) is 71.8 Å². The molecule has 1 amide bonds. The van der Waals surface area contributed by atoms with Crippen LogP contribution in [0.4, 0.5) is 0 Å². The summed E-state index contributed by atoms with van der Waals surface area (Å²) in [5, 5.41) is 13.0. The van der Waals surface area contributed by atoms with Crippen LogP contribution in [-0.4, -0.2) is 36.9 Å². The number of amides is 1. The first kappa shape index (κ1) is 24.1. The number of methoxy groups -OCH3 is 1. The number of benzene rings is 3. The van der Waals surface area contributed by atoms with Crippen molar-refractivity contribution in [2.75, 3.05) is 13.7 Å². The number of carbonyl (C=O) groups excluding carboxylic acids is 1. The molecule has 0 aliphatic rings. The third kappa shape index (κ3) is 7.21. The summed E-state index contributed by atoms with van der Waals surface area (Å²) < 4.78 is 17.5. The number of carbonyl (C=O) groups is 2. The highest BCUT2D eigenvalue weighted by molar-refractivity contribution is 14.1. The molecular formula is C24H21IN2O6. The molecule has 0 saturated carbocycles. The van der Waals surface area contributed by atoms with Crippen molar-refractivity contribution < 1.29 is 28.9 Å². The molecule has 33 heavy (non-hydrogen) atoms. The number of hydrogen-bond acceptors (Lipinski definition) is 6. The third-order valence-corrected chi connectivity index (χ3v) is 5.25. The number of nitrogens with zero attached hydrogens (tertiary/aromatic N) is 1. The molecular weight excluding hydrogens is 539 g/mol. The van der Waals surface area contributed by atoms with Gasteiger partial charge in [0, 0.05) is 0 Å². The van der Waals surface area contributed by atoms with Gasteiger partial charge in [-0.15, -0.1) is 0 Å². The number of hydrogen-bond donors (Lipinski definition) is 2. The van der Waals surface area contributed by atoms with Crippen molar-refractivity contribution in [1.29, 1.82) is 0 Å². The van der Waals surface area contributed by atoms with Gasteiger partial charge in [0.05, 0.1) is 22.5 Å². The number of rotatable bonds is 10. The van der Waals surface area contributed by atoms with Gasteiger partial charge in [0.25, 0.3) is 5.91 Å². The van der Waals surface area contributed by atoms with Crippen LogP contribution >= 0.6 is 22.6 Å². The monoisotopic (exact) mass is 560 g/mol. The summed E-state index contributed by atoms with van der Waals surface area (Å²) in [7, 11) is 1.51. The molecule has 0 bridgehead atoms. The van der Waals surface area contributed by atoms with Crippen molar-refractivity contribution >= 4 is 40.7 Å². The topological polar surface area (TPSA) is 106 Å². The Hall–Kier alpha value is -3.60. The first-order chi connectivity index (χ1) is 16.0. The highest BCUT2D eigenvalue weighted by Crippen LogP contribution is 2.28. The van der Waals surface area contributed by atoms with E-state index in [4.69, 9.17) is 19.3 Å². The summed E-state index contributed by atoms with van der Waals surface area (Å²) in [6.07, 6.45) is 1.48. The van der Waals surface area contributed by atoms with Crippen LogP contribution in [0.25, 0.3) is 0 Å². The minimum absolute atomic E-state index is 0.156. The lowest BCUT2D eigenvalue weighted by atomic mass is 10.1. The SMILES string of the molecule is COc1cc(/C=N/NC(=O)COc2ccccc2I)ccc1OCc1cccc(C(=O)O)c1. The Kier molecular flexibility index (Phi) is 8.64. The average molecular weight is 560 g/mol. The standard InChI is InChI=1S/C24H21IN2O6/c1-31-22-12-16(13-26-27-23(28)15-33-20-8-3-2-7-19(20)25)9-10-21(22)32-14-17-5-4-6-18(11-17)24(29)30/h2-13H,14-15H2,1H3,(H,27,28)(H,29,30)/b26-13+. The number of para-hydroxylation sites is 1. The van der Waals surface area contributed by atoms with Crippen molar-refractivity contribution in [3.05, 3.63) is 87.0 Å². The van der Waals surface area contributed by atoms with Gasteiger partial charge in [0.2, 0.25) is 0 Å². The number of aromatic carboxylic acids is 1. The van der Waals surface area contributed by atoms with Gasteiger partial charge in [0.1, 0.15) is 12.4 Å². The van der Waals surface area contributed by atoms with Crippen LogP contribution in [0.3, 0.4) is 0 Å². The molecule has 0 aromatic heterocycles. The summed E-state index contributed by atoms with van der Waals surface area (Å²) in [5.41, 5.74) is 4.02. The molecule has 0 aliphatic heterocycles. The predicted octanol–water partition coefficient (Wildman–Crippen LogP) is 4.11. The number of carboxylic acids is 1. The van der Waals surface area contributed by atoms with E-state index in [1.54, 1.807) is 42.5 Å². The maximum atomic E-state index is 11.9. The number of ether oxygens (including phenoxy) is 3. The van der Waals surface area contributed by atoms with Crippen molar-refractivity contribution in [3.8, 4) is 17.2 Å². The maximum absolute atomic E-state index is 11.9. The van der Waals surface area contributed by atoms with E-state index in [1.807, 2.05) is 18.2 Å². The van der Waals surface area contributed by atoms with Gasteiger partial charge in [-0.3, -0.25) is 4.79 Å². The smallest absolute Gasteiger partial charge is 0.335 e. The van der Waals surface area contributed by atoms with Gasteiger partial charge in [0.15, 0.2) is 18.1 Å². The van der Waals surface area contributed by atoms with Crippen LogP contribution in [0.5, 0.6) is 17.2 Å². The van der Waals surface area contributed by atoms with E-state index >= 15 is 0 Å². The van der Waals surface area contributed by atoms with E-state index in [1.165, 1.54) is 19.4 Å². The molecule has 2 N–H and O–H groups in total. The molecule has 9 heteroatoms. The normalized spacial score (nSPS) is 10.6. The molecule has 0 aliphatic carbocycles. The van der Waals surface area contributed by atoms with E-state index in [-0.39, 0.29) is 24.7 Å². The number of carboxylic acid groups (broad SMARTS) is 1. The quantitative estimate of drug-likeness (QED) is 0.220. The fourth-order valence-corrected chi connectivity index (χ4v) is 3.30. The zero-order valence-corrected chi connectivity index (χ0v) is 19.8. The molecule has 0 saturated heterocycles. The fraction of sp³-hybridized carbons (Fsp3) is 0.125. The van der Waals surface area contributed by atoms with Crippen molar-refractivity contribution in [1.82, 2.24) is 5.43 Å². The number of halogens is 1. The summed E-state index contributed by atoms with van der Waals surface area (Å²) in [6, 6.07) is 19.1. The Labute approximate surface area is 204 Å². The van der Waals surface area contributed by atoms with Gasteiger partial charge in [-0.05, 0) is 76.2 Å². The molecule has 0 radical (unpaired) electrons. The van der Waals surface area contributed by atoms with Gasteiger partial charge in [-0.25, -0.2) is 10.2 Å².